The summed E-state index contributed by atoms with van der Waals surface area (Å²) in [7, 11) is 0. The molecule has 0 aromatic heterocycles. The second-order valence-electron chi connectivity index (χ2n) is 5.69. The summed E-state index contributed by atoms with van der Waals surface area (Å²) < 4.78 is 0. The molecule has 4 unspecified atom stereocenters. The Hall–Kier alpha value is -0.120. The van der Waals surface area contributed by atoms with Gasteiger partial charge < -0.3 is 15.7 Å². The molecular weight excluding hydrogens is 212 g/mol. The van der Waals surface area contributed by atoms with Gasteiger partial charge in [0.25, 0.3) is 0 Å². The number of hydrogen-bond donors (Lipinski definition) is 3. The fraction of sp³-hybridized carbons (Fsp3) is 1.00. The van der Waals surface area contributed by atoms with Crippen molar-refractivity contribution in [2.75, 3.05) is 13.2 Å². The molecule has 0 bridgehead atoms. The van der Waals surface area contributed by atoms with E-state index in [1.54, 1.807) is 0 Å². The molecule has 2 fully saturated rings. The van der Waals surface area contributed by atoms with E-state index in [0.717, 1.165) is 24.8 Å². The van der Waals surface area contributed by atoms with Crippen LogP contribution < -0.4 is 10.6 Å². The van der Waals surface area contributed by atoms with Crippen molar-refractivity contribution in [1.82, 2.24) is 10.6 Å². The molecular formula is C14H28N2O. The first kappa shape index (κ1) is 13.3. The van der Waals surface area contributed by atoms with Crippen molar-refractivity contribution in [3.8, 4) is 0 Å². The van der Waals surface area contributed by atoms with Gasteiger partial charge in [-0.3, -0.25) is 0 Å². The van der Waals surface area contributed by atoms with Crippen LogP contribution in [0.4, 0.5) is 0 Å². The quantitative estimate of drug-likeness (QED) is 0.661. The van der Waals surface area contributed by atoms with Gasteiger partial charge in [-0.05, 0) is 51.0 Å². The SMILES string of the molecule is CCC(CCO)NC1CCCC1C1CCCN1. The molecule has 0 amide bonds. The molecule has 1 saturated heterocycles. The minimum atomic E-state index is 0.310. The summed E-state index contributed by atoms with van der Waals surface area (Å²) in [5.41, 5.74) is 0. The van der Waals surface area contributed by atoms with Crippen LogP contribution in [0.5, 0.6) is 0 Å². The van der Waals surface area contributed by atoms with Crippen molar-refractivity contribution in [3.05, 3.63) is 0 Å². The maximum Gasteiger partial charge on any atom is 0.0445 e. The van der Waals surface area contributed by atoms with Crippen molar-refractivity contribution in [1.29, 1.82) is 0 Å². The van der Waals surface area contributed by atoms with Crippen LogP contribution in [-0.2, 0) is 0 Å². The highest BCUT2D eigenvalue weighted by Crippen LogP contribution is 2.32. The zero-order chi connectivity index (χ0) is 12.1. The van der Waals surface area contributed by atoms with Crippen LogP contribution in [0.3, 0.4) is 0 Å². The molecule has 17 heavy (non-hydrogen) atoms. The van der Waals surface area contributed by atoms with Gasteiger partial charge in [0.2, 0.25) is 0 Å². The molecule has 0 aromatic rings. The van der Waals surface area contributed by atoms with E-state index in [1.807, 2.05) is 0 Å². The van der Waals surface area contributed by atoms with E-state index in [0.29, 0.717) is 18.7 Å². The first-order valence-corrected chi connectivity index (χ1v) is 7.45. The number of rotatable bonds is 6. The highest BCUT2D eigenvalue weighted by molar-refractivity contribution is 4.94. The Kier molecular flexibility index (Phi) is 5.26. The van der Waals surface area contributed by atoms with Gasteiger partial charge in [0.15, 0.2) is 0 Å². The van der Waals surface area contributed by atoms with Crippen LogP contribution in [0.15, 0.2) is 0 Å². The number of nitrogens with one attached hydrogen (secondary N) is 2. The Bertz CT molecular complexity index is 216. The molecule has 2 aliphatic rings. The molecule has 0 radical (unpaired) electrons. The third kappa shape index (κ3) is 3.43. The molecule has 0 spiro atoms. The largest absolute Gasteiger partial charge is 0.396 e. The maximum atomic E-state index is 9.07. The fourth-order valence-electron chi connectivity index (χ4n) is 3.62. The molecule has 1 saturated carbocycles. The Morgan fingerprint density at radius 3 is 2.82 bits per heavy atom. The van der Waals surface area contributed by atoms with Gasteiger partial charge in [-0.15, -0.1) is 0 Å². The predicted octanol–water partition coefficient (Wildman–Crippen LogP) is 1.66. The molecule has 3 heteroatoms. The highest BCUT2D eigenvalue weighted by atomic mass is 16.3. The monoisotopic (exact) mass is 240 g/mol. The predicted molar refractivity (Wildman–Crippen MR) is 71.1 cm³/mol. The van der Waals surface area contributed by atoms with Gasteiger partial charge in [0, 0.05) is 24.7 Å². The summed E-state index contributed by atoms with van der Waals surface area (Å²) in [6.07, 6.45) is 8.81. The van der Waals surface area contributed by atoms with E-state index >= 15 is 0 Å². The Balaban J connectivity index is 1.85. The third-order valence-electron chi connectivity index (χ3n) is 4.60. The summed E-state index contributed by atoms with van der Waals surface area (Å²) in [4.78, 5) is 0. The first-order chi connectivity index (χ1) is 8.35. The smallest absolute Gasteiger partial charge is 0.0445 e. The van der Waals surface area contributed by atoms with Gasteiger partial charge in [0.1, 0.15) is 0 Å². The molecule has 3 nitrogen and oxygen atoms in total. The lowest BCUT2D eigenvalue weighted by Crippen LogP contribution is -2.46. The number of aliphatic hydroxyl groups excluding tert-OH is 1. The van der Waals surface area contributed by atoms with Crippen molar-refractivity contribution in [3.63, 3.8) is 0 Å². The summed E-state index contributed by atoms with van der Waals surface area (Å²) in [6.45, 7) is 3.73. The topological polar surface area (TPSA) is 44.3 Å². The molecule has 2 rings (SSSR count). The van der Waals surface area contributed by atoms with Crippen molar-refractivity contribution < 1.29 is 5.11 Å². The standard InChI is InChI=1S/C14H28N2O/c1-2-11(8-10-17)16-14-6-3-5-12(14)13-7-4-9-15-13/h11-17H,2-10H2,1H3. The van der Waals surface area contributed by atoms with Crippen molar-refractivity contribution in [2.45, 2.75) is 70.0 Å². The lowest BCUT2D eigenvalue weighted by atomic mass is 9.92. The van der Waals surface area contributed by atoms with Gasteiger partial charge in [0.05, 0.1) is 0 Å². The molecule has 1 heterocycles. The van der Waals surface area contributed by atoms with Gasteiger partial charge in [-0.25, -0.2) is 0 Å². The van der Waals surface area contributed by atoms with E-state index in [9.17, 15) is 0 Å². The van der Waals surface area contributed by atoms with Crippen LogP contribution in [0, 0.1) is 5.92 Å². The highest BCUT2D eigenvalue weighted by Gasteiger charge is 2.35. The normalized spacial score (nSPS) is 35.3. The van der Waals surface area contributed by atoms with Crippen LogP contribution in [-0.4, -0.2) is 36.4 Å². The van der Waals surface area contributed by atoms with E-state index in [1.165, 1.54) is 38.6 Å². The van der Waals surface area contributed by atoms with Crippen molar-refractivity contribution in [2.24, 2.45) is 5.92 Å². The van der Waals surface area contributed by atoms with Crippen LogP contribution in [0.1, 0.15) is 51.9 Å². The second kappa shape index (κ2) is 6.72. The molecule has 3 N–H and O–H groups in total. The van der Waals surface area contributed by atoms with E-state index in [4.69, 9.17) is 5.11 Å². The minimum absolute atomic E-state index is 0.310. The lowest BCUT2D eigenvalue weighted by molar-refractivity contribution is 0.237. The fourth-order valence-corrected chi connectivity index (χ4v) is 3.62. The average molecular weight is 240 g/mol. The summed E-state index contributed by atoms with van der Waals surface area (Å²) >= 11 is 0. The number of aliphatic hydroxyl groups is 1. The summed E-state index contributed by atoms with van der Waals surface area (Å²) in [6, 6.07) is 1.94. The van der Waals surface area contributed by atoms with Crippen LogP contribution in [0.2, 0.25) is 0 Å². The molecule has 1 aliphatic carbocycles. The lowest BCUT2D eigenvalue weighted by Gasteiger charge is -2.30. The molecule has 0 aromatic carbocycles. The Morgan fingerprint density at radius 1 is 1.29 bits per heavy atom. The van der Waals surface area contributed by atoms with Gasteiger partial charge in [-0.1, -0.05) is 13.3 Å². The molecule has 1 aliphatic heterocycles. The Morgan fingerprint density at radius 2 is 2.18 bits per heavy atom. The second-order valence-corrected chi connectivity index (χ2v) is 5.69. The summed E-state index contributed by atoms with van der Waals surface area (Å²) in [5, 5.41) is 16.5. The first-order valence-electron chi connectivity index (χ1n) is 7.45. The Labute approximate surface area is 105 Å². The average Bonchev–Trinajstić information content (AvgIpc) is 2.98. The van der Waals surface area contributed by atoms with Crippen LogP contribution >= 0.6 is 0 Å². The van der Waals surface area contributed by atoms with E-state index < -0.39 is 0 Å². The third-order valence-corrected chi connectivity index (χ3v) is 4.60. The van der Waals surface area contributed by atoms with E-state index in [2.05, 4.69) is 17.6 Å². The summed E-state index contributed by atoms with van der Waals surface area (Å²) in [5.74, 6) is 0.824. The maximum absolute atomic E-state index is 9.07. The van der Waals surface area contributed by atoms with Crippen LogP contribution in [0.25, 0.3) is 0 Å². The van der Waals surface area contributed by atoms with Gasteiger partial charge >= 0.3 is 0 Å². The zero-order valence-corrected chi connectivity index (χ0v) is 11.1. The number of hydrogen-bond acceptors (Lipinski definition) is 3. The van der Waals surface area contributed by atoms with Crippen molar-refractivity contribution >= 4 is 0 Å². The van der Waals surface area contributed by atoms with E-state index in [-0.39, 0.29) is 0 Å². The zero-order valence-electron chi connectivity index (χ0n) is 11.1. The van der Waals surface area contributed by atoms with Gasteiger partial charge in [-0.2, -0.15) is 0 Å². The molecule has 4 atom stereocenters. The minimum Gasteiger partial charge on any atom is -0.396 e. The molecule has 100 valence electrons.